The number of carbonyl (C=O) groups is 1. The molecular formula is C13H16ClN3O3. The average Bonchev–Trinajstić information content (AvgIpc) is 2.65. The smallest absolute Gasteiger partial charge is 0.326 e. The standard InChI is InChI=1S/C13H16ClN3O3/c1-8(7-19-2)20-12(18)6-17-11-4-3-9(14)5-10(11)16-13(17)15/h3-5,8H,6-7H2,1-2H3,(H2,15,16). The SMILES string of the molecule is COCC(C)OC(=O)Cn1c(N)nc2cc(Cl)ccc21. The van der Waals surface area contributed by atoms with E-state index in [-0.39, 0.29) is 18.6 Å². The average molecular weight is 298 g/mol. The Bertz CT molecular complexity index is 627. The van der Waals surface area contributed by atoms with Gasteiger partial charge in [-0.05, 0) is 25.1 Å². The lowest BCUT2D eigenvalue weighted by Gasteiger charge is -2.13. The Hall–Kier alpha value is -1.79. The lowest BCUT2D eigenvalue weighted by atomic mass is 10.3. The minimum atomic E-state index is -0.393. The Balaban J connectivity index is 2.17. The Labute approximate surface area is 121 Å². The van der Waals surface area contributed by atoms with E-state index in [9.17, 15) is 4.79 Å². The van der Waals surface area contributed by atoms with Gasteiger partial charge in [-0.3, -0.25) is 9.36 Å². The van der Waals surface area contributed by atoms with Crippen molar-refractivity contribution in [3.8, 4) is 0 Å². The highest BCUT2D eigenvalue weighted by Crippen LogP contribution is 2.21. The van der Waals surface area contributed by atoms with Crippen LogP contribution in [0.5, 0.6) is 0 Å². The van der Waals surface area contributed by atoms with Gasteiger partial charge < -0.3 is 15.2 Å². The molecule has 0 saturated carbocycles. The summed E-state index contributed by atoms with van der Waals surface area (Å²) in [5, 5.41) is 0.568. The Morgan fingerprint density at radius 2 is 2.30 bits per heavy atom. The van der Waals surface area contributed by atoms with E-state index in [0.717, 1.165) is 5.52 Å². The monoisotopic (exact) mass is 297 g/mol. The maximum Gasteiger partial charge on any atom is 0.326 e. The van der Waals surface area contributed by atoms with Crippen molar-refractivity contribution in [3.63, 3.8) is 0 Å². The summed E-state index contributed by atoms with van der Waals surface area (Å²) in [6.45, 7) is 2.11. The first kappa shape index (κ1) is 14.6. The predicted octanol–water partition coefficient (Wildman–Crippen LogP) is 1.85. The second kappa shape index (κ2) is 6.11. The predicted molar refractivity (Wildman–Crippen MR) is 76.6 cm³/mol. The third-order valence-electron chi connectivity index (χ3n) is 2.76. The summed E-state index contributed by atoms with van der Waals surface area (Å²) in [6.07, 6.45) is -0.307. The summed E-state index contributed by atoms with van der Waals surface area (Å²) in [5.74, 6) is -0.144. The molecule has 2 rings (SSSR count). The van der Waals surface area contributed by atoms with E-state index < -0.39 is 5.97 Å². The topological polar surface area (TPSA) is 79.4 Å². The number of aromatic nitrogens is 2. The number of halogens is 1. The zero-order valence-electron chi connectivity index (χ0n) is 11.3. The van der Waals surface area contributed by atoms with E-state index in [1.165, 1.54) is 0 Å². The number of nitrogen functional groups attached to an aromatic ring is 1. The van der Waals surface area contributed by atoms with Crippen LogP contribution in [0, 0.1) is 0 Å². The van der Waals surface area contributed by atoms with E-state index in [1.807, 2.05) is 0 Å². The van der Waals surface area contributed by atoms with Gasteiger partial charge in [-0.25, -0.2) is 4.98 Å². The van der Waals surface area contributed by atoms with Crippen LogP contribution < -0.4 is 5.73 Å². The molecule has 6 nitrogen and oxygen atoms in total. The van der Waals surface area contributed by atoms with Crippen molar-refractivity contribution in [1.29, 1.82) is 0 Å². The van der Waals surface area contributed by atoms with E-state index >= 15 is 0 Å². The fourth-order valence-corrected chi connectivity index (χ4v) is 2.11. The molecule has 108 valence electrons. The van der Waals surface area contributed by atoms with Gasteiger partial charge in [0, 0.05) is 12.1 Å². The number of hydrogen-bond acceptors (Lipinski definition) is 5. The third-order valence-corrected chi connectivity index (χ3v) is 3.00. The summed E-state index contributed by atoms with van der Waals surface area (Å²) < 4.78 is 11.7. The molecule has 0 spiro atoms. The minimum Gasteiger partial charge on any atom is -0.459 e. The van der Waals surface area contributed by atoms with Crippen LogP contribution in [0.3, 0.4) is 0 Å². The van der Waals surface area contributed by atoms with Crippen LogP contribution in [0.4, 0.5) is 5.95 Å². The molecule has 2 aromatic rings. The molecule has 7 heteroatoms. The molecule has 1 aromatic carbocycles. The lowest BCUT2D eigenvalue weighted by Crippen LogP contribution is -2.23. The van der Waals surface area contributed by atoms with Gasteiger partial charge in [0.1, 0.15) is 12.6 Å². The summed E-state index contributed by atoms with van der Waals surface area (Å²) in [5.41, 5.74) is 7.20. The maximum atomic E-state index is 11.9. The number of benzene rings is 1. The van der Waals surface area contributed by atoms with Gasteiger partial charge in [-0.15, -0.1) is 0 Å². The quantitative estimate of drug-likeness (QED) is 0.852. The number of rotatable bonds is 5. The van der Waals surface area contributed by atoms with Crippen molar-refractivity contribution in [2.24, 2.45) is 0 Å². The molecule has 0 radical (unpaired) electrons. The fraction of sp³-hybridized carbons (Fsp3) is 0.385. The van der Waals surface area contributed by atoms with Crippen molar-refractivity contribution in [3.05, 3.63) is 23.2 Å². The third kappa shape index (κ3) is 3.20. The normalized spacial score (nSPS) is 12.6. The first-order valence-corrected chi connectivity index (χ1v) is 6.48. The number of nitrogens with zero attached hydrogens (tertiary/aromatic N) is 2. The molecule has 0 fully saturated rings. The second-order valence-corrected chi connectivity index (χ2v) is 4.88. The molecule has 1 aromatic heterocycles. The van der Waals surface area contributed by atoms with Crippen molar-refractivity contribution in [2.45, 2.75) is 19.6 Å². The van der Waals surface area contributed by atoms with Crippen LogP contribution in [-0.2, 0) is 20.8 Å². The van der Waals surface area contributed by atoms with E-state index in [0.29, 0.717) is 17.1 Å². The highest BCUT2D eigenvalue weighted by atomic mass is 35.5. The molecule has 20 heavy (non-hydrogen) atoms. The molecule has 0 bridgehead atoms. The summed E-state index contributed by atoms with van der Waals surface area (Å²) >= 11 is 5.89. The number of anilines is 1. The van der Waals surface area contributed by atoms with Crippen LogP contribution in [0.1, 0.15) is 6.92 Å². The van der Waals surface area contributed by atoms with Gasteiger partial charge in [-0.2, -0.15) is 0 Å². The number of esters is 1. The zero-order chi connectivity index (χ0) is 14.7. The summed E-state index contributed by atoms with van der Waals surface area (Å²) in [6, 6.07) is 5.19. The molecular weight excluding hydrogens is 282 g/mol. The number of hydrogen-bond donors (Lipinski definition) is 1. The van der Waals surface area contributed by atoms with Crippen molar-refractivity contribution in [2.75, 3.05) is 19.5 Å². The lowest BCUT2D eigenvalue weighted by molar-refractivity contribution is -0.151. The van der Waals surface area contributed by atoms with Crippen LogP contribution in [0.25, 0.3) is 11.0 Å². The number of imidazole rings is 1. The maximum absolute atomic E-state index is 11.9. The zero-order valence-corrected chi connectivity index (χ0v) is 12.1. The second-order valence-electron chi connectivity index (χ2n) is 4.45. The van der Waals surface area contributed by atoms with Gasteiger partial charge in [0.15, 0.2) is 0 Å². The fourth-order valence-electron chi connectivity index (χ4n) is 1.95. The number of fused-ring (bicyclic) bond motifs is 1. The van der Waals surface area contributed by atoms with Gasteiger partial charge in [0.2, 0.25) is 5.95 Å². The van der Waals surface area contributed by atoms with Crippen LogP contribution >= 0.6 is 11.6 Å². The summed E-state index contributed by atoms with van der Waals surface area (Å²) in [7, 11) is 1.55. The van der Waals surface area contributed by atoms with Crippen LogP contribution in [0.15, 0.2) is 18.2 Å². The molecule has 2 N–H and O–H groups in total. The number of nitrogens with two attached hydrogens (primary N) is 1. The number of ether oxygens (including phenoxy) is 2. The van der Waals surface area contributed by atoms with Crippen molar-refractivity contribution >= 4 is 34.6 Å². The molecule has 1 unspecified atom stereocenters. The summed E-state index contributed by atoms with van der Waals surface area (Å²) in [4.78, 5) is 16.0. The van der Waals surface area contributed by atoms with Gasteiger partial charge in [0.25, 0.3) is 0 Å². The number of methoxy groups -OCH3 is 1. The Morgan fingerprint density at radius 1 is 1.55 bits per heavy atom. The van der Waals surface area contributed by atoms with Gasteiger partial charge >= 0.3 is 5.97 Å². The van der Waals surface area contributed by atoms with Crippen LogP contribution in [-0.4, -0.2) is 35.3 Å². The molecule has 1 heterocycles. The highest BCUT2D eigenvalue weighted by molar-refractivity contribution is 6.31. The molecule has 0 saturated heterocycles. The molecule has 0 aliphatic carbocycles. The van der Waals surface area contributed by atoms with Crippen molar-refractivity contribution < 1.29 is 14.3 Å². The Kier molecular flexibility index (Phi) is 4.46. The molecule has 0 amide bonds. The van der Waals surface area contributed by atoms with E-state index in [2.05, 4.69) is 4.98 Å². The van der Waals surface area contributed by atoms with Gasteiger partial charge in [-0.1, -0.05) is 11.6 Å². The minimum absolute atomic E-state index is 0.00196. The largest absolute Gasteiger partial charge is 0.459 e. The van der Waals surface area contributed by atoms with Crippen LogP contribution in [0.2, 0.25) is 5.02 Å². The van der Waals surface area contributed by atoms with Crippen molar-refractivity contribution in [1.82, 2.24) is 9.55 Å². The Morgan fingerprint density at radius 3 is 3.00 bits per heavy atom. The van der Waals surface area contributed by atoms with Gasteiger partial charge in [0.05, 0.1) is 17.6 Å². The first-order valence-electron chi connectivity index (χ1n) is 6.11. The highest BCUT2D eigenvalue weighted by Gasteiger charge is 2.15. The van der Waals surface area contributed by atoms with E-state index in [4.69, 9.17) is 26.8 Å². The molecule has 0 aliphatic rings. The number of carbonyl (C=O) groups excluding carboxylic acids is 1. The molecule has 1 atom stereocenters. The first-order chi connectivity index (χ1) is 9.51. The molecule has 0 aliphatic heterocycles. The van der Waals surface area contributed by atoms with E-state index in [1.54, 1.807) is 36.8 Å².